The van der Waals surface area contributed by atoms with Crippen molar-refractivity contribution in [3.63, 3.8) is 0 Å². The van der Waals surface area contributed by atoms with E-state index in [9.17, 15) is 19.2 Å². The summed E-state index contributed by atoms with van der Waals surface area (Å²) in [6, 6.07) is -2.64. The molecule has 4 aliphatic carbocycles. The van der Waals surface area contributed by atoms with Crippen LogP contribution in [0.3, 0.4) is 0 Å². The van der Waals surface area contributed by atoms with Crippen LogP contribution in [0.15, 0.2) is 12.7 Å². The lowest BCUT2D eigenvalue weighted by Crippen LogP contribution is -2.65. The molecule has 7 fully saturated rings. The molecule has 0 aromatic heterocycles. The Hall–Kier alpha value is -2.95. The molecule has 282 valence electrons. The van der Waals surface area contributed by atoms with Crippen LogP contribution in [0.1, 0.15) is 119 Å². The van der Waals surface area contributed by atoms with Crippen LogP contribution in [0, 0.1) is 38.9 Å². The number of fused-ring (bicyclic) bond motifs is 5. The van der Waals surface area contributed by atoms with E-state index in [4.69, 9.17) is 9.47 Å². The molecule has 0 radical (unpaired) electrons. The first-order valence-corrected chi connectivity index (χ1v) is 19.5. The van der Waals surface area contributed by atoms with Crippen LogP contribution in [-0.2, 0) is 28.7 Å². The predicted molar refractivity (Wildman–Crippen MR) is 190 cm³/mol. The number of nitrogens with one attached hydrogen (secondary N) is 3. The smallest absolute Gasteiger partial charge is 0.408 e. The van der Waals surface area contributed by atoms with E-state index < -0.39 is 52.1 Å². The molecule has 3 N–H and O–H groups in total. The van der Waals surface area contributed by atoms with Crippen molar-refractivity contribution in [2.45, 2.75) is 148 Å². The Morgan fingerprint density at radius 3 is 2.22 bits per heavy atom. The average Bonchev–Trinajstić information content (AvgIpc) is 3.79. The van der Waals surface area contributed by atoms with Gasteiger partial charge >= 0.3 is 6.09 Å². The highest BCUT2D eigenvalue weighted by molar-refractivity contribution is 5.99. The van der Waals surface area contributed by atoms with Crippen molar-refractivity contribution in [1.29, 1.82) is 0 Å². The average molecular weight is 709 g/mol. The minimum atomic E-state index is -0.987. The van der Waals surface area contributed by atoms with Gasteiger partial charge in [0.15, 0.2) is 5.78 Å². The molecular weight excluding hydrogens is 648 g/mol. The minimum Gasteiger partial charge on any atom is -0.444 e. The van der Waals surface area contributed by atoms with Crippen molar-refractivity contribution in [2.75, 3.05) is 19.8 Å². The van der Waals surface area contributed by atoms with Crippen LogP contribution < -0.4 is 16.0 Å². The zero-order valence-electron chi connectivity index (χ0n) is 31.9. The zero-order valence-corrected chi connectivity index (χ0v) is 31.9. The highest BCUT2D eigenvalue weighted by Gasteiger charge is 2.89. The van der Waals surface area contributed by atoms with E-state index in [1.54, 1.807) is 31.7 Å². The third-order valence-corrected chi connectivity index (χ3v) is 15.6. The summed E-state index contributed by atoms with van der Waals surface area (Å²) in [5.41, 5.74) is -3.39. The molecule has 4 bridgehead atoms. The predicted octanol–water partition coefficient (Wildman–Crippen LogP) is 4.82. The molecule has 2 spiro atoms. The maximum Gasteiger partial charge on any atom is 0.408 e. The molecule has 4 amide bonds. The standard InChI is InChI=1S/C40H60N4O7/c1-9-25-21-40(25,24(2)45)43-30(46)27-22-39-23-44(27)32(48)29(35(6)16-18-50-19-17-35)41-31(47)28(42-33(49)51-34(3,4)5)36(7)13-10-12-26(20-36)37(39,8)38(39)14-11-15-38/h9,25-29H,1,10-23H2,2-8H3,(H,41,47)(H,42,49)(H,43,46)/t25-,26?,27+,28-,29-,36?,37?,39-,40+/m1/s1. The molecule has 4 saturated carbocycles. The van der Waals surface area contributed by atoms with Crippen LogP contribution >= 0.6 is 0 Å². The molecule has 11 nitrogen and oxygen atoms in total. The van der Waals surface area contributed by atoms with Gasteiger partial charge in [-0.3, -0.25) is 19.2 Å². The van der Waals surface area contributed by atoms with E-state index in [1.165, 1.54) is 6.92 Å². The first-order valence-electron chi connectivity index (χ1n) is 19.5. The Morgan fingerprint density at radius 1 is 0.961 bits per heavy atom. The van der Waals surface area contributed by atoms with Crippen molar-refractivity contribution in [3.05, 3.63) is 12.7 Å². The minimum absolute atomic E-state index is 0.00433. The fourth-order valence-electron chi connectivity index (χ4n) is 12.3. The number of alkyl carbamates (subject to hydrolysis) is 1. The fourth-order valence-corrected chi connectivity index (χ4v) is 12.3. The normalized spacial score (nSPS) is 42.2. The van der Waals surface area contributed by atoms with Crippen LogP contribution in [-0.4, -0.2) is 83.5 Å². The zero-order chi connectivity index (χ0) is 37.0. The van der Waals surface area contributed by atoms with Crippen molar-refractivity contribution < 1.29 is 33.4 Å². The van der Waals surface area contributed by atoms with Crippen molar-refractivity contribution in [2.24, 2.45) is 38.9 Å². The summed E-state index contributed by atoms with van der Waals surface area (Å²) in [6.07, 6.45) is 9.88. The maximum atomic E-state index is 15.3. The molecule has 7 aliphatic rings. The van der Waals surface area contributed by atoms with Gasteiger partial charge in [-0.05, 0) is 108 Å². The number of hydrogen-bond donors (Lipinski definition) is 3. The molecule has 11 heteroatoms. The number of amides is 4. The molecule has 51 heavy (non-hydrogen) atoms. The van der Waals surface area contributed by atoms with Gasteiger partial charge in [0.25, 0.3) is 0 Å². The summed E-state index contributed by atoms with van der Waals surface area (Å²) >= 11 is 0. The highest BCUT2D eigenvalue weighted by Crippen LogP contribution is 2.91. The van der Waals surface area contributed by atoms with Gasteiger partial charge in [0, 0.05) is 36.5 Å². The van der Waals surface area contributed by atoms with Crippen LogP contribution in [0.4, 0.5) is 4.79 Å². The lowest BCUT2D eigenvalue weighted by molar-refractivity contribution is -0.148. The Bertz CT molecular complexity index is 1530. The SMILES string of the molecule is C=C[C@@H]1C[C@]1(NC(=O)[C@@H]1C[C@@]23CN1C(=O)[C@H](C1(C)CCOCC1)NC(=O)[C@@H](NC(=O)OC(C)(C)C)C1(C)CCCC(C1)C2(C)C31CCC1)C(C)=O. The highest BCUT2D eigenvalue weighted by atomic mass is 16.6. The number of Topliss-reactive ketones (excluding diaryl/α,β-unsaturated/α-hetero) is 1. The van der Waals surface area contributed by atoms with Crippen LogP contribution in [0.2, 0.25) is 0 Å². The van der Waals surface area contributed by atoms with Crippen molar-refractivity contribution in [3.8, 4) is 0 Å². The fraction of sp³-hybridized carbons (Fsp3) is 0.825. The molecule has 3 aliphatic heterocycles. The second kappa shape index (κ2) is 11.8. The van der Waals surface area contributed by atoms with Gasteiger partial charge < -0.3 is 30.3 Å². The summed E-state index contributed by atoms with van der Waals surface area (Å²) in [7, 11) is 0. The van der Waals surface area contributed by atoms with Gasteiger partial charge in [0.05, 0.1) is 0 Å². The monoisotopic (exact) mass is 708 g/mol. The van der Waals surface area contributed by atoms with Gasteiger partial charge in [-0.1, -0.05) is 39.7 Å². The topological polar surface area (TPSA) is 143 Å². The summed E-state index contributed by atoms with van der Waals surface area (Å²) in [6.45, 7) is 18.7. The second-order valence-electron chi connectivity index (χ2n) is 19.2. The largest absolute Gasteiger partial charge is 0.444 e. The van der Waals surface area contributed by atoms with E-state index in [0.29, 0.717) is 45.4 Å². The number of carbonyl (C=O) groups is 5. The van der Waals surface area contributed by atoms with Gasteiger partial charge in [-0.2, -0.15) is 0 Å². The first-order chi connectivity index (χ1) is 23.8. The van der Waals surface area contributed by atoms with Gasteiger partial charge in [-0.25, -0.2) is 4.79 Å². The molecule has 0 aromatic rings. The van der Waals surface area contributed by atoms with E-state index >= 15 is 4.79 Å². The molecule has 9 atom stereocenters. The lowest BCUT2D eigenvalue weighted by atomic mass is 9.60. The molecule has 0 aromatic carbocycles. The third kappa shape index (κ3) is 5.24. The summed E-state index contributed by atoms with van der Waals surface area (Å²) in [4.78, 5) is 72.9. The quantitative estimate of drug-likeness (QED) is 0.336. The third-order valence-electron chi connectivity index (χ3n) is 15.6. The summed E-state index contributed by atoms with van der Waals surface area (Å²) in [5.74, 6) is -0.963. The number of hydrogen-bond acceptors (Lipinski definition) is 7. The van der Waals surface area contributed by atoms with Crippen molar-refractivity contribution in [1.82, 2.24) is 20.9 Å². The Morgan fingerprint density at radius 2 is 1.65 bits per heavy atom. The first kappa shape index (κ1) is 36.4. The van der Waals surface area contributed by atoms with Gasteiger partial charge in [0.2, 0.25) is 17.7 Å². The second-order valence-corrected chi connectivity index (χ2v) is 19.2. The number of rotatable bonds is 6. The summed E-state index contributed by atoms with van der Waals surface area (Å²) < 4.78 is 11.4. The van der Waals surface area contributed by atoms with Crippen LogP contribution in [0.25, 0.3) is 0 Å². The van der Waals surface area contributed by atoms with E-state index in [2.05, 4.69) is 36.4 Å². The molecule has 7 rings (SSSR count). The summed E-state index contributed by atoms with van der Waals surface area (Å²) in [5, 5.41) is 9.35. The van der Waals surface area contributed by atoms with E-state index in [0.717, 1.165) is 44.9 Å². The molecule has 3 unspecified atom stereocenters. The number of ether oxygens (including phenoxy) is 2. The molecule has 3 saturated heterocycles. The Labute approximate surface area is 303 Å². The Kier molecular flexibility index (Phi) is 8.41. The van der Waals surface area contributed by atoms with E-state index in [-0.39, 0.29) is 45.7 Å². The van der Waals surface area contributed by atoms with E-state index in [1.807, 2.05) is 6.92 Å². The van der Waals surface area contributed by atoms with Gasteiger partial charge in [-0.15, -0.1) is 6.58 Å². The number of carbonyl (C=O) groups excluding carboxylic acids is 5. The Balaban J connectivity index is 1.33. The van der Waals surface area contributed by atoms with Crippen LogP contribution in [0.5, 0.6) is 0 Å². The number of nitrogens with zero attached hydrogens (tertiary/aromatic N) is 1. The maximum absolute atomic E-state index is 15.3. The van der Waals surface area contributed by atoms with Gasteiger partial charge in [0.1, 0.15) is 29.3 Å². The molecular formula is C40H60N4O7. The number of ketones is 1. The lowest BCUT2D eigenvalue weighted by Gasteiger charge is -2.48. The van der Waals surface area contributed by atoms with Crippen molar-refractivity contribution >= 4 is 29.6 Å². The molecule has 3 heterocycles.